The maximum absolute atomic E-state index is 10.3. The molecule has 150 valence electrons. The van der Waals surface area contributed by atoms with Crippen LogP contribution in [-0.4, -0.2) is 117 Å². The van der Waals surface area contributed by atoms with Crippen LogP contribution < -0.4 is 0 Å². The van der Waals surface area contributed by atoms with Crippen LogP contribution in [0.1, 0.15) is 0 Å². The molecule has 0 spiro atoms. The van der Waals surface area contributed by atoms with Gasteiger partial charge in [0.25, 0.3) is 0 Å². The van der Waals surface area contributed by atoms with Gasteiger partial charge in [0.15, 0.2) is 12.6 Å². The molecular formula is C15H24O11. The first-order chi connectivity index (χ1) is 12.3. The van der Waals surface area contributed by atoms with E-state index < -0.39 is 74.6 Å². The summed E-state index contributed by atoms with van der Waals surface area (Å²) in [5, 5.41) is 68.5. The first-order valence-electron chi connectivity index (χ1n) is 7.99. The van der Waals surface area contributed by atoms with Crippen molar-refractivity contribution >= 4 is 0 Å². The molecule has 0 amide bonds. The zero-order chi connectivity index (χ0) is 19.4. The Balaban J connectivity index is 2.10. The van der Waals surface area contributed by atoms with Crippen LogP contribution in [0.5, 0.6) is 0 Å². The van der Waals surface area contributed by atoms with Crippen molar-refractivity contribution in [3.05, 3.63) is 0 Å². The highest BCUT2D eigenvalue weighted by molar-refractivity contribution is 4.94. The van der Waals surface area contributed by atoms with Gasteiger partial charge in [-0.3, -0.25) is 0 Å². The van der Waals surface area contributed by atoms with E-state index >= 15 is 0 Å². The molecule has 2 rings (SSSR count). The Labute approximate surface area is 149 Å². The van der Waals surface area contributed by atoms with Gasteiger partial charge in [0.2, 0.25) is 0 Å². The lowest BCUT2D eigenvalue weighted by Crippen LogP contribution is -2.64. The fourth-order valence-corrected chi connectivity index (χ4v) is 2.82. The molecule has 4 unspecified atom stereocenters. The molecule has 11 heteroatoms. The number of terminal acetylenes is 1. The average molecular weight is 380 g/mol. The first-order valence-corrected chi connectivity index (χ1v) is 7.99. The van der Waals surface area contributed by atoms with Gasteiger partial charge < -0.3 is 54.7 Å². The molecule has 0 aromatic carbocycles. The van der Waals surface area contributed by atoms with Crippen molar-refractivity contribution in [3.63, 3.8) is 0 Å². The summed E-state index contributed by atoms with van der Waals surface area (Å²) < 4.78 is 20.9. The van der Waals surface area contributed by atoms with Crippen molar-refractivity contribution in [2.75, 3.05) is 19.8 Å². The van der Waals surface area contributed by atoms with Crippen molar-refractivity contribution in [2.24, 2.45) is 0 Å². The van der Waals surface area contributed by atoms with Crippen LogP contribution in [0, 0.1) is 12.3 Å². The fourth-order valence-electron chi connectivity index (χ4n) is 2.82. The minimum Gasteiger partial charge on any atom is -0.394 e. The number of hydrogen-bond donors (Lipinski definition) is 7. The smallest absolute Gasteiger partial charge is 0.187 e. The zero-order valence-electron chi connectivity index (χ0n) is 13.7. The molecule has 0 aromatic rings. The number of ether oxygens (including phenoxy) is 4. The Morgan fingerprint density at radius 3 is 1.92 bits per heavy atom. The normalized spacial score (nSPS) is 46.7. The van der Waals surface area contributed by atoms with E-state index in [4.69, 9.17) is 25.4 Å². The van der Waals surface area contributed by atoms with Gasteiger partial charge in [-0.15, -0.1) is 6.42 Å². The Bertz CT molecular complexity index is 479. The van der Waals surface area contributed by atoms with Crippen LogP contribution >= 0.6 is 0 Å². The molecule has 11 nitrogen and oxygen atoms in total. The lowest BCUT2D eigenvalue weighted by molar-refractivity contribution is -0.358. The summed E-state index contributed by atoms with van der Waals surface area (Å²) in [6, 6.07) is 0. The van der Waals surface area contributed by atoms with Gasteiger partial charge in [0.05, 0.1) is 13.2 Å². The molecule has 10 atom stereocenters. The van der Waals surface area contributed by atoms with Crippen LogP contribution in [0.15, 0.2) is 0 Å². The van der Waals surface area contributed by atoms with E-state index in [1.165, 1.54) is 0 Å². The lowest BCUT2D eigenvalue weighted by atomic mass is 9.97. The molecule has 7 N–H and O–H groups in total. The van der Waals surface area contributed by atoms with Crippen LogP contribution in [-0.2, 0) is 18.9 Å². The maximum Gasteiger partial charge on any atom is 0.187 e. The molecule has 0 radical (unpaired) electrons. The van der Waals surface area contributed by atoms with Gasteiger partial charge in [-0.1, -0.05) is 5.92 Å². The topological polar surface area (TPSA) is 179 Å². The van der Waals surface area contributed by atoms with E-state index in [0.29, 0.717) is 0 Å². The van der Waals surface area contributed by atoms with Gasteiger partial charge >= 0.3 is 0 Å². The van der Waals surface area contributed by atoms with Crippen molar-refractivity contribution in [2.45, 2.75) is 61.4 Å². The SMILES string of the molecule is C#CCO[C@@H]1OC(CO)[C@@H](O[C@H]2OC(CO)[C@@H](O)[C@H](O)C2O)[C@H](O)C1O. The van der Waals surface area contributed by atoms with Crippen LogP contribution in [0.25, 0.3) is 0 Å². The summed E-state index contributed by atoms with van der Waals surface area (Å²) in [6.45, 7) is -1.50. The average Bonchev–Trinajstić information content (AvgIpc) is 2.64. The highest BCUT2D eigenvalue weighted by Gasteiger charge is 2.50. The van der Waals surface area contributed by atoms with Gasteiger partial charge in [-0.25, -0.2) is 0 Å². The van der Waals surface area contributed by atoms with E-state index in [1.807, 2.05) is 0 Å². The predicted octanol–water partition coefficient (Wildman–Crippen LogP) is -4.74. The molecule has 0 bridgehead atoms. The van der Waals surface area contributed by atoms with Crippen molar-refractivity contribution in [1.82, 2.24) is 0 Å². The molecule has 0 saturated carbocycles. The first kappa shape index (κ1) is 21.4. The van der Waals surface area contributed by atoms with Crippen LogP contribution in [0.2, 0.25) is 0 Å². The monoisotopic (exact) mass is 380 g/mol. The molecule has 2 heterocycles. The van der Waals surface area contributed by atoms with E-state index in [0.717, 1.165) is 0 Å². The van der Waals surface area contributed by atoms with Crippen LogP contribution in [0.4, 0.5) is 0 Å². The highest BCUT2D eigenvalue weighted by atomic mass is 16.7. The van der Waals surface area contributed by atoms with E-state index in [2.05, 4.69) is 5.92 Å². The summed E-state index contributed by atoms with van der Waals surface area (Å²) in [5.74, 6) is 2.17. The molecular weight excluding hydrogens is 356 g/mol. The molecule has 2 aliphatic rings. The van der Waals surface area contributed by atoms with Crippen molar-refractivity contribution in [1.29, 1.82) is 0 Å². The Hall–Kier alpha value is -0.880. The van der Waals surface area contributed by atoms with Crippen molar-refractivity contribution < 1.29 is 54.7 Å². The van der Waals surface area contributed by atoms with E-state index in [9.17, 15) is 35.7 Å². The van der Waals surface area contributed by atoms with Gasteiger partial charge in [0.1, 0.15) is 55.4 Å². The molecule has 2 aliphatic heterocycles. The Morgan fingerprint density at radius 2 is 1.35 bits per heavy atom. The largest absolute Gasteiger partial charge is 0.394 e. The summed E-state index contributed by atoms with van der Waals surface area (Å²) in [6.07, 6.45) is -9.78. The Kier molecular flexibility index (Phi) is 7.71. The number of aliphatic hydroxyl groups excluding tert-OH is 7. The molecule has 2 saturated heterocycles. The van der Waals surface area contributed by atoms with Crippen molar-refractivity contribution in [3.8, 4) is 12.3 Å². The maximum atomic E-state index is 10.3. The molecule has 0 aliphatic carbocycles. The lowest BCUT2D eigenvalue weighted by Gasteiger charge is -2.45. The third-order valence-corrected chi connectivity index (χ3v) is 4.29. The summed E-state index contributed by atoms with van der Waals surface area (Å²) in [4.78, 5) is 0. The summed E-state index contributed by atoms with van der Waals surface area (Å²) in [7, 11) is 0. The second-order valence-corrected chi connectivity index (χ2v) is 6.02. The minimum atomic E-state index is -1.72. The summed E-state index contributed by atoms with van der Waals surface area (Å²) >= 11 is 0. The quantitative estimate of drug-likeness (QED) is 0.220. The third-order valence-electron chi connectivity index (χ3n) is 4.29. The van der Waals surface area contributed by atoms with Gasteiger partial charge in [-0.05, 0) is 0 Å². The number of rotatable bonds is 6. The second-order valence-electron chi connectivity index (χ2n) is 6.02. The standard InChI is InChI=1S/C15H24O11/c1-2-3-23-14-12(22)10(20)13(7(5-17)25-14)26-15-11(21)9(19)8(18)6(4-16)24-15/h1,6-22H,3-5H2/t6?,7?,8-,9+,10-,11?,12?,13-,14-,15-/m1/s1. The van der Waals surface area contributed by atoms with E-state index in [1.54, 1.807) is 0 Å². The molecule has 2 fully saturated rings. The van der Waals surface area contributed by atoms with Gasteiger partial charge in [0, 0.05) is 0 Å². The summed E-state index contributed by atoms with van der Waals surface area (Å²) in [5.41, 5.74) is 0. The van der Waals surface area contributed by atoms with Crippen LogP contribution in [0.3, 0.4) is 0 Å². The highest BCUT2D eigenvalue weighted by Crippen LogP contribution is 2.29. The number of hydrogen-bond acceptors (Lipinski definition) is 11. The predicted molar refractivity (Wildman–Crippen MR) is 81.2 cm³/mol. The molecule has 26 heavy (non-hydrogen) atoms. The minimum absolute atomic E-state index is 0.204. The number of aliphatic hydroxyl groups is 7. The Morgan fingerprint density at radius 1 is 0.769 bits per heavy atom. The zero-order valence-corrected chi connectivity index (χ0v) is 13.7. The van der Waals surface area contributed by atoms with E-state index in [-0.39, 0.29) is 6.61 Å². The third kappa shape index (κ3) is 4.33. The fraction of sp³-hybridized carbons (Fsp3) is 0.867. The molecule has 0 aromatic heterocycles. The second kappa shape index (κ2) is 9.36. The van der Waals surface area contributed by atoms with Gasteiger partial charge in [-0.2, -0.15) is 0 Å².